The molecule has 5 heteroatoms. The van der Waals surface area contributed by atoms with Gasteiger partial charge >= 0.3 is 5.97 Å². The van der Waals surface area contributed by atoms with Crippen molar-refractivity contribution in [2.24, 2.45) is 5.92 Å². The highest BCUT2D eigenvalue weighted by molar-refractivity contribution is 7.99. The van der Waals surface area contributed by atoms with Gasteiger partial charge in [0.05, 0.1) is 12.8 Å². The SMILES string of the molecule is COC(=O)c1cccn2cc(CC3CCSC3)nc12. The normalized spacial score (nSPS) is 18.9. The van der Waals surface area contributed by atoms with Crippen LogP contribution in [0.3, 0.4) is 0 Å². The number of nitrogens with zero attached hydrogens (tertiary/aromatic N) is 2. The van der Waals surface area contributed by atoms with E-state index in [1.807, 2.05) is 34.6 Å². The number of thioether (sulfide) groups is 1. The highest BCUT2D eigenvalue weighted by Crippen LogP contribution is 2.26. The van der Waals surface area contributed by atoms with Crippen molar-refractivity contribution in [1.29, 1.82) is 0 Å². The third-order valence-electron chi connectivity index (χ3n) is 3.46. The van der Waals surface area contributed by atoms with Crippen molar-refractivity contribution in [1.82, 2.24) is 9.38 Å². The summed E-state index contributed by atoms with van der Waals surface area (Å²) in [7, 11) is 1.39. The molecule has 1 aliphatic heterocycles. The van der Waals surface area contributed by atoms with Crippen molar-refractivity contribution in [3.63, 3.8) is 0 Å². The van der Waals surface area contributed by atoms with E-state index < -0.39 is 0 Å². The van der Waals surface area contributed by atoms with Crippen LogP contribution in [0.1, 0.15) is 22.5 Å². The van der Waals surface area contributed by atoms with Crippen molar-refractivity contribution in [3.05, 3.63) is 35.8 Å². The molecule has 0 N–H and O–H groups in total. The topological polar surface area (TPSA) is 43.6 Å². The molecule has 1 fully saturated rings. The van der Waals surface area contributed by atoms with Gasteiger partial charge in [0.2, 0.25) is 0 Å². The molecule has 0 spiro atoms. The zero-order valence-electron chi connectivity index (χ0n) is 10.8. The maximum absolute atomic E-state index is 11.7. The summed E-state index contributed by atoms with van der Waals surface area (Å²) in [6.45, 7) is 0. The van der Waals surface area contributed by atoms with Crippen molar-refractivity contribution in [2.45, 2.75) is 12.8 Å². The molecule has 1 aliphatic rings. The summed E-state index contributed by atoms with van der Waals surface area (Å²) < 4.78 is 6.70. The summed E-state index contributed by atoms with van der Waals surface area (Å²) in [6, 6.07) is 3.60. The second kappa shape index (κ2) is 5.25. The van der Waals surface area contributed by atoms with Crippen LogP contribution in [0, 0.1) is 5.92 Å². The smallest absolute Gasteiger partial charge is 0.341 e. The lowest BCUT2D eigenvalue weighted by atomic mass is 10.0. The lowest BCUT2D eigenvalue weighted by Gasteiger charge is -2.03. The summed E-state index contributed by atoms with van der Waals surface area (Å²) in [6.07, 6.45) is 6.20. The molecule has 1 unspecified atom stereocenters. The van der Waals surface area contributed by atoms with Crippen LogP contribution >= 0.6 is 11.8 Å². The van der Waals surface area contributed by atoms with Crippen molar-refractivity contribution in [2.75, 3.05) is 18.6 Å². The molecule has 100 valence electrons. The molecule has 0 bridgehead atoms. The third-order valence-corrected chi connectivity index (χ3v) is 4.69. The van der Waals surface area contributed by atoms with Gasteiger partial charge in [0.25, 0.3) is 0 Å². The molecular formula is C14H16N2O2S. The fraction of sp³-hybridized carbons (Fsp3) is 0.429. The van der Waals surface area contributed by atoms with E-state index in [2.05, 4.69) is 4.98 Å². The summed E-state index contributed by atoms with van der Waals surface area (Å²) in [5.41, 5.74) is 2.27. The molecule has 0 amide bonds. The second-order valence-electron chi connectivity index (χ2n) is 4.81. The number of pyridine rings is 1. The number of hydrogen-bond donors (Lipinski definition) is 0. The molecule has 1 atom stereocenters. The maximum Gasteiger partial charge on any atom is 0.341 e. The van der Waals surface area contributed by atoms with Gasteiger partial charge < -0.3 is 9.14 Å². The molecule has 0 aromatic carbocycles. The highest BCUT2D eigenvalue weighted by atomic mass is 32.2. The fourth-order valence-corrected chi connectivity index (χ4v) is 3.76. The van der Waals surface area contributed by atoms with Crippen LogP contribution in [0.2, 0.25) is 0 Å². The fourth-order valence-electron chi connectivity index (χ4n) is 2.47. The summed E-state index contributed by atoms with van der Waals surface area (Å²) in [5.74, 6) is 2.86. The number of carbonyl (C=O) groups excluding carboxylic acids is 1. The monoisotopic (exact) mass is 276 g/mol. The Balaban J connectivity index is 1.93. The molecule has 0 saturated carbocycles. The van der Waals surface area contributed by atoms with Crippen LogP contribution in [0.4, 0.5) is 0 Å². The molecule has 0 radical (unpaired) electrons. The molecule has 3 heterocycles. The van der Waals surface area contributed by atoms with Gasteiger partial charge in [0.1, 0.15) is 5.56 Å². The minimum atomic E-state index is -0.334. The molecule has 1 saturated heterocycles. The van der Waals surface area contributed by atoms with Crippen LogP contribution < -0.4 is 0 Å². The third kappa shape index (κ3) is 2.47. The number of ether oxygens (including phenoxy) is 1. The Labute approximate surface area is 116 Å². The second-order valence-corrected chi connectivity index (χ2v) is 5.96. The number of aromatic nitrogens is 2. The number of esters is 1. The van der Waals surface area contributed by atoms with Crippen LogP contribution in [0.25, 0.3) is 5.65 Å². The standard InChI is InChI=1S/C14H16N2O2S/c1-18-14(17)12-3-2-5-16-8-11(15-13(12)16)7-10-4-6-19-9-10/h2-3,5,8,10H,4,6-7,9H2,1H3. The molecule has 0 aliphatic carbocycles. The zero-order chi connectivity index (χ0) is 13.2. The number of methoxy groups -OCH3 is 1. The highest BCUT2D eigenvalue weighted by Gasteiger charge is 2.19. The number of carbonyl (C=O) groups is 1. The summed E-state index contributed by atoms with van der Waals surface area (Å²) in [5, 5.41) is 0. The van der Waals surface area contributed by atoms with Gasteiger partial charge in [-0.1, -0.05) is 0 Å². The Morgan fingerprint density at radius 1 is 1.63 bits per heavy atom. The molecule has 4 nitrogen and oxygen atoms in total. The molecule has 19 heavy (non-hydrogen) atoms. The Bertz CT molecular complexity index is 603. The molecule has 2 aromatic rings. The van der Waals surface area contributed by atoms with E-state index in [9.17, 15) is 4.79 Å². The van der Waals surface area contributed by atoms with Crippen molar-refractivity contribution < 1.29 is 9.53 Å². The number of rotatable bonds is 3. The minimum absolute atomic E-state index is 0.334. The first kappa shape index (κ1) is 12.5. The van der Waals surface area contributed by atoms with Gasteiger partial charge in [0.15, 0.2) is 5.65 Å². The van der Waals surface area contributed by atoms with E-state index in [1.54, 1.807) is 6.07 Å². The van der Waals surface area contributed by atoms with E-state index in [0.29, 0.717) is 11.2 Å². The van der Waals surface area contributed by atoms with E-state index >= 15 is 0 Å². The van der Waals surface area contributed by atoms with Gasteiger partial charge in [-0.2, -0.15) is 11.8 Å². The average molecular weight is 276 g/mol. The lowest BCUT2D eigenvalue weighted by Crippen LogP contribution is -2.04. The van der Waals surface area contributed by atoms with Crippen LogP contribution in [-0.2, 0) is 11.2 Å². The van der Waals surface area contributed by atoms with Gasteiger partial charge in [-0.3, -0.25) is 0 Å². The van der Waals surface area contributed by atoms with Crippen molar-refractivity contribution in [3.8, 4) is 0 Å². The minimum Gasteiger partial charge on any atom is -0.465 e. The Kier molecular flexibility index (Phi) is 3.46. The zero-order valence-corrected chi connectivity index (χ0v) is 11.7. The van der Waals surface area contributed by atoms with Crippen LogP contribution in [-0.4, -0.2) is 34.0 Å². The largest absolute Gasteiger partial charge is 0.465 e. The van der Waals surface area contributed by atoms with E-state index in [4.69, 9.17) is 4.74 Å². The summed E-state index contributed by atoms with van der Waals surface area (Å²) >= 11 is 2.01. The first-order valence-electron chi connectivity index (χ1n) is 6.40. The summed E-state index contributed by atoms with van der Waals surface area (Å²) in [4.78, 5) is 16.3. The van der Waals surface area contributed by atoms with Crippen molar-refractivity contribution >= 4 is 23.4 Å². The molecule has 2 aromatic heterocycles. The van der Waals surface area contributed by atoms with Gasteiger partial charge in [0, 0.05) is 12.4 Å². The number of hydrogen-bond acceptors (Lipinski definition) is 4. The maximum atomic E-state index is 11.7. The number of imidazole rings is 1. The quantitative estimate of drug-likeness (QED) is 0.808. The van der Waals surface area contributed by atoms with Crippen LogP contribution in [0.5, 0.6) is 0 Å². The molecular weight excluding hydrogens is 260 g/mol. The Morgan fingerprint density at radius 3 is 3.26 bits per heavy atom. The first-order valence-corrected chi connectivity index (χ1v) is 7.56. The molecule has 3 rings (SSSR count). The predicted octanol–water partition coefficient (Wildman–Crippen LogP) is 2.42. The number of fused-ring (bicyclic) bond motifs is 1. The van der Waals surface area contributed by atoms with E-state index in [1.165, 1.54) is 25.0 Å². The Morgan fingerprint density at radius 2 is 2.53 bits per heavy atom. The predicted molar refractivity (Wildman–Crippen MR) is 75.7 cm³/mol. The van der Waals surface area contributed by atoms with Gasteiger partial charge in [-0.05, 0) is 42.4 Å². The first-order chi connectivity index (χ1) is 9.28. The average Bonchev–Trinajstić information content (AvgIpc) is 3.06. The Hall–Kier alpha value is -1.49. The lowest BCUT2D eigenvalue weighted by molar-refractivity contribution is 0.0602. The van der Waals surface area contributed by atoms with Gasteiger partial charge in [-0.25, -0.2) is 9.78 Å². The van der Waals surface area contributed by atoms with Crippen LogP contribution in [0.15, 0.2) is 24.5 Å². The van der Waals surface area contributed by atoms with E-state index in [0.717, 1.165) is 18.0 Å². The van der Waals surface area contributed by atoms with E-state index in [-0.39, 0.29) is 5.97 Å². The van der Waals surface area contributed by atoms with Gasteiger partial charge in [-0.15, -0.1) is 0 Å².